The predicted molar refractivity (Wildman–Crippen MR) is 78.4 cm³/mol. The molecule has 2 bridgehead atoms. The molecule has 2 unspecified atom stereocenters. The lowest BCUT2D eigenvalue weighted by Crippen LogP contribution is -2.52. The summed E-state index contributed by atoms with van der Waals surface area (Å²) in [5.74, 6) is -0.607. The van der Waals surface area contributed by atoms with Gasteiger partial charge in [-0.25, -0.2) is 0 Å². The van der Waals surface area contributed by atoms with Crippen LogP contribution in [0.25, 0.3) is 0 Å². The number of rotatable bonds is 2. The normalized spacial score (nSPS) is 28.5. The summed E-state index contributed by atoms with van der Waals surface area (Å²) < 4.78 is 0. The summed E-state index contributed by atoms with van der Waals surface area (Å²) in [6, 6.07) is 3.24. The van der Waals surface area contributed by atoms with Crippen molar-refractivity contribution in [1.29, 1.82) is 0 Å². The average molecular weight is 301 g/mol. The van der Waals surface area contributed by atoms with Crippen molar-refractivity contribution in [2.75, 3.05) is 0 Å². The molecule has 0 aromatic carbocycles. The van der Waals surface area contributed by atoms with Crippen LogP contribution in [0.4, 0.5) is 0 Å². The second kappa shape index (κ2) is 4.90. The van der Waals surface area contributed by atoms with E-state index < -0.39 is 22.6 Å². The quantitative estimate of drug-likeness (QED) is 0.635. The maximum atomic E-state index is 12.6. The van der Waals surface area contributed by atoms with Gasteiger partial charge < -0.3 is 0 Å². The first-order chi connectivity index (χ1) is 10.4. The zero-order chi connectivity index (χ0) is 16.0. The van der Waals surface area contributed by atoms with Crippen LogP contribution >= 0.6 is 0 Å². The van der Waals surface area contributed by atoms with E-state index in [4.69, 9.17) is 0 Å². The Morgan fingerprint density at radius 2 is 2.09 bits per heavy atom. The van der Waals surface area contributed by atoms with Crippen molar-refractivity contribution in [2.24, 2.45) is 16.7 Å². The molecule has 1 heterocycles. The number of hydrogen-bond acceptors (Lipinski definition) is 4. The predicted octanol–water partition coefficient (Wildman–Crippen LogP) is 1.24. The molecule has 2 saturated carbocycles. The Hall–Kier alpha value is -2.24. The number of nitrogens with zero attached hydrogens (tertiary/aromatic N) is 1. The van der Waals surface area contributed by atoms with Crippen molar-refractivity contribution in [1.82, 2.24) is 15.8 Å². The molecule has 2 aliphatic carbocycles. The lowest BCUT2D eigenvalue weighted by molar-refractivity contribution is -0.145. The highest BCUT2D eigenvalue weighted by Gasteiger charge is 2.65. The molecule has 1 aromatic rings. The minimum Gasteiger partial charge on any atom is -0.298 e. The van der Waals surface area contributed by atoms with E-state index in [1.165, 1.54) is 6.20 Å². The fourth-order valence-electron chi connectivity index (χ4n) is 3.78. The van der Waals surface area contributed by atoms with Gasteiger partial charge in [-0.3, -0.25) is 30.2 Å². The second-order valence-corrected chi connectivity index (χ2v) is 6.72. The number of nitrogens with one attached hydrogen (secondary N) is 2. The molecular formula is C16H19N3O3. The summed E-state index contributed by atoms with van der Waals surface area (Å²) in [5.41, 5.74) is 3.71. The largest absolute Gasteiger partial charge is 0.298 e. The summed E-state index contributed by atoms with van der Waals surface area (Å²) in [6.45, 7) is 3.81. The Kier molecular flexibility index (Phi) is 3.27. The molecule has 2 atom stereocenters. The highest BCUT2D eigenvalue weighted by atomic mass is 16.2. The Bertz CT molecular complexity index is 641. The van der Waals surface area contributed by atoms with Crippen molar-refractivity contribution >= 4 is 17.6 Å². The third kappa shape index (κ3) is 2.01. The monoisotopic (exact) mass is 301 g/mol. The van der Waals surface area contributed by atoms with E-state index in [2.05, 4.69) is 15.8 Å². The zero-order valence-corrected chi connectivity index (χ0v) is 12.7. The summed E-state index contributed by atoms with van der Waals surface area (Å²) in [5, 5.41) is 0. The van der Waals surface area contributed by atoms with Crippen molar-refractivity contribution < 1.29 is 14.4 Å². The number of amides is 2. The minimum absolute atomic E-state index is 0.00984. The number of hydrazine groups is 1. The number of carbonyl (C=O) groups is 3. The Balaban J connectivity index is 1.68. The lowest BCUT2D eigenvalue weighted by Gasteiger charge is -2.32. The van der Waals surface area contributed by atoms with Crippen molar-refractivity contribution in [3.63, 3.8) is 0 Å². The first-order valence-electron chi connectivity index (χ1n) is 7.44. The van der Waals surface area contributed by atoms with Gasteiger partial charge in [0.05, 0.1) is 5.56 Å². The highest BCUT2D eigenvalue weighted by Crippen LogP contribution is 2.60. The SMILES string of the molecule is CC1(C)C(=O)C2(C(=O)NNC(=O)c3cccnc3)CCC1C2. The summed E-state index contributed by atoms with van der Waals surface area (Å²) >= 11 is 0. The topological polar surface area (TPSA) is 88.2 Å². The van der Waals surface area contributed by atoms with Crippen molar-refractivity contribution in [3.8, 4) is 0 Å². The van der Waals surface area contributed by atoms with E-state index in [1.807, 2.05) is 13.8 Å². The smallest absolute Gasteiger partial charge is 0.271 e. The maximum absolute atomic E-state index is 12.6. The fourth-order valence-corrected chi connectivity index (χ4v) is 3.78. The number of Topliss-reactive ketones (excluding diaryl/α,β-unsaturated/α-hetero) is 1. The van der Waals surface area contributed by atoms with Crippen LogP contribution in [0.2, 0.25) is 0 Å². The first kappa shape index (κ1) is 14.7. The van der Waals surface area contributed by atoms with E-state index >= 15 is 0 Å². The van der Waals surface area contributed by atoms with Gasteiger partial charge in [-0.05, 0) is 37.3 Å². The van der Waals surface area contributed by atoms with Crippen LogP contribution in [0.5, 0.6) is 0 Å². The number of pyridine rings is 1. The molecule has 22 heavy (non-hydrogen) atoms. The van der Waals surface area contributed by atoms with Gasteiger partial charge in [0.25, 0.3) is 11.8 Å². The summed E-state index contributed by atoms with van der Waals surface area (Å²) in [7, 11) is 0. The second-order valence-electron chi connectivity index (χ2n) is 6.72. The van der Waals surface area contributed by atoms with Gasteiger partial charge in [0.15, 0.2) is 5.78 Å². The van der Waals surface area contributed by atoms with Gasteiger partial charge in [0.2, 0.25) is 0 Å². The molecule has 0 radical (unpaired) electrons. The van der Waals surface area contributed by atoms with Crippen LogP contribution in [-0.2, 0) is 9.59 Å². The molecular weight excluding hydrogens is 282 g/mol. The Morgan fingerprint density at radius 3 is 2.68 bits per heavy atom. The highest BCUT2D eigenvalue weighted by molar-refractivity contribution is 6.11. The van der Waals surface area contributed by atoms with Crippen LogP contribution in [-0.4, -0.2) is 22.6 Å². The van der Waals surface area contributed by atoms with Gasteiger partial charge in [-0.15, -0.1) is 0 Å². The summed E-state index contributed by atoms with van der Waals surface area (Å²) in [6.07, 6.45) is 4.99. The van der Waals surface area contributed by atoms with Crippen LogP contribution in [0.3, 0.4) is 0 Å². The Labute approximate surface area is 128 Å². The standard InChI is InChI=1S/C16H19N3O3/c1-15(2)11-5-6-16(8-11,13(15)21)14(22)19-18-12(20)10-4-3-7-17-9-10/h3-4,7,9,11H,5-6,8H2,1-2H3,(H,18,20)(H,19,22). The van der Waals surface area contributed by atoms with E-state index in [-0.39, 0.29) is 11.7 Å². The molecule has 6 heteroatoms. The summed E-state index contributed by atoms with van der Waals surface area (Å²) in [4.78, 5) is 40.9. The number of aromatic nitrogens is 1. The van der Waals surface area contributed by atoms with Gasteiger partial charge in [0, 0.05) is 17.8 Å². The molecule has 1 aromatic heterocycles. The van der Waals surface area contributed by atoms with Crippen LogP contribution in [0.15, 0.2) is 24.5 Å². The average Bonchev–Trinajstić information content (AvgIpc) is 3.05. The van der Waals surface area contributed by atoms with E-state index in [1.54, 1.807) is 18.3 Å². The van der Waals surface area contributed by atoms with Crippen LogP contribution < -0.4 is 10.9 Å². The van der Waals surface area contributed by atoms with E-state index in [0.717, 1.165) is 6.42 Å². The molecule has 0 spiro atoms. The number of hydrogen-bond donors (Lipinski definition) is 2. The number of carbonyl (C=O) groups excluding carboxylic acids is 3. The number of ketones is 1. The molecule has 2 amide bonds. The van der Waals surface area contributed by atoms with Gasteiger partial charge in [-0.1, -0.05) is 13.8 Å². The van der Waals surface area contributed by atoms with Crippen molar-refractivity contribution in [3.05, 3.63) is 30.1 Å². The van der Waals surface area contributed by atoms with Crippen LogP contribution in [0, 0.1) is 16.7 Å². The molecule has 2 fully saturated rings. The van der Waals surface area contributed by atoms with E-state index in [9.17, 15) is 14.4 Å². The minimum atomic E-state index is -0.976. The molecule has 3 rings (SSSR count). The van der Waals surface area contributed by atoms with Crippen molar-refractivity contribution in [2.45, 2.75) is 33.1 Å². The lowest BCUT2D eigenvalue weighted by atomic mass is 9.70. The third-order valence-corrected chi connectivity index (χ3v) is 5.20. The van der Waals surface area contributed by atoms with Crippen LogP contribution in [0.1, 0.15) is 43.5 Å². The molecule has 2 N–H and O–H groups in total. The van der Waals surface area contributed by atoms with Gasteiger partial charge >= 0.3 is 0 Å². The molecule has 116 valence electrons. The Morgan fingerprint density at radius 1 is 1.32 bits per heavy atom. The zero-order valence-electron chi connectivity index (χ0n) is 12.7. The van der Waals surface area contributed by atoms with Gasteiger partial charge in [0.1, 0.15) is 5.41 Å². The molecule has 2 aliphatic rings. The number of fused-ring (bicyclic) bond motifs is 2. The molecule has 6 nitrogen and oxygen atoms in total. The fraction of sp³-hybridized carbons (Fsp3) is 0.500. The maximum Gasteiger partial charge on any atom is 0.271 e. The molecule has 0 aliphatic heterocycles. The third-order valence-electron chi connectivity index (χ3n) is 5.20. The van der Waals surface area contributed by atoms with E-state index in [0.29, 0.717) is 18.4 Å². The first-order valence-corrected chi connectivity index (χ1v) is 7.44. The van der Waals surface area contributed by atoms with Gasteiger partial charge in [-0.2, -0.15) is 0 Å². The molecule has 0 saturated heterocycles.